The van der Waals surface area contributed by atoms with E-state index < -0.39 is 23.4 Å². The number of phenolic OH excluding ortho intramolecular Hbond substituents is 2. The predicted molar refractivity (Wildman–Crippen MR) is 126 cm³/mol. The van der Waals surface area contributed by atoms with E-state index in [9.17, 15) is 24.6 Å². The Morgan fingerprint density at radius 3 is 2.34 bits per heavy atom. The molecule has 4 N–H and O–H groups in total. The molecule has 0 aromatic heterocycles. The summed E-state index contributed by atoms with van der Waals surface area (Å²) in [5, 5.41) is 25.9. The molecular weight excluding hydrogens is 446 g/mol. The number of phenols is 2. The first-order valence-corrected chi connectivity index (χ1v) is 11.5. The Labute approximate surface area is 201 Å². The Bertz CT molecular complexity index is 1370. The Balaban J connectivity index is 1.44. The van der Waals surface area contributed by atoms with Gasteiger partial charge in [-0.15, -0.1) is 0 Å². The van der Waals surface area contributed by atoms with Crippen LogP contribution in [0, 0.1) is 11.8 Å². The van der Waals surface area contributed by atoms with Gasteiger partial charge in [0.1, 0.15) is 5.54 Å². The summed E-state index contributed by atoms with van der Waals surface area (Å²) >= 11 is 0. The average molecular weight is 469 g/mol. The molecule has 8 nitrogen and oxygen atoms in total. The van der Waals surface area contributed by atoms with Gasteiger partial charge in [-0.25, -0.2) is 0 Å². The molecule has 3 aromatic carbocycles. The van der Waals surface area contributed by atoms with Gasteiger partial charge < -0.3 is 15.5 Å². The molecule has 176 valence electrons. The SMILES string of the molecule is O=C1[C@H]2[C@@H](Cc3ccc(O)c(O)c3)N[C@@]3(C(=O)Nc4ccccc43)[C@H]2C(=O)N1Cc1ccccc1. The summed E-state index contributed by atoms with van der Waals surface area (Å²) in [6.45, 7) is 0.136. The van der Waals surface area contributed by atoms with E-state index in [1.165, 1.54) is 17.0 Å². The van der Waals surface area contributed by atoms with E-state index in [0.717, 1.165) is 5.56 Å². The number of fused-ring (bicyclic) bond motifs is 4. The third kappa shape index (κ3) is 3.06. The van der Waals surface area contributed by atoms with Crippen molar-refractivity contribution in [2.75, 3.05) is 5.32 Å². The first-order chi connectivity index (χ1) is 16.9. The number of para-hydroxylation sites is 1. The van der Waals surface area contributed by atoms with E-state index >= 15 is 0 Å². The number of hydrogen-bond acceptors (Lipinski definition) is 6. The predicted octanol–water partition coefficient (Wildman–Crippen LogP) is 2.26. The lowest BCUT2D eigenvalue weighted by Gasteiger charge is -2.29. The van der Waals surface area contributed by atoms with Gasteiger partial charge in [0, 0.05) is 17.3 Å². The fourth-order valence-electron chi connectivity index (χ4n) is 5.86. The van der Waals surface area contributed by atoms with Gasteiger partial charge in [0.15, 0.2) is 11.5 Å². The van der Waals surface area contributed by atoms with Crippen LogP contribution in [0.5, 0.6) is 11.5 Å². The number of aromatic hydroxyl groups is 2. The van der Waals surface area contributed by atoms with Crippen LogP contribution in [-0.4, -0.2) is 38.9 Å². The van der Waals surface area contributed by atoms with Gasteiger partial charge in [-0.1, -0.05) is 54.6 Å². The number of likely N-dealkylation sites (tertiary alicyclic amines) is 1. The van der Waals surface area contributed by atoms with Gasteiger partial charge in [0.2, 0.25) is 17.7 Å². The van der Waals surface area contributed by atoms with Gasteiger partial charge in [-0.05, 0) is 35.7 Å². The van der Waals surface area contributed by atoms with Crippen LogP contribution < -0.4 is 10.6 Å². The number of imide groups is 1. The van der Waals surface area contributed by atoms with E-state index in [0.29, 0.717) is 16.8 Å². The molecule has 3 aliphatic heterocycles. The van der Waals surface area contributed by atoms with Crippen LogP contribution in [0.2, 0.25) is 0 Å². The molecule has 2 fully saturated rings. The maximum Gasteiger partial charge on any atom is 0.250 e. The van der Waals surface area contributed by atoms with Gasteiger partial charge in [0.25, 0.3) is 0 Å². The highest BCUT2D eigenvalue weighted by Gasteiger charge is 2.70. The van der Waals surface area contributed by atoms with Crippen LogP contribution in [0.4, 0.5) is 5.69 Å². The first kappa shape index (κ1) is 21.4. The summed E-state index contributed by atoms with van der Waals surface area (Å²) in [4.78, 5) is 42.3. The molecule has 0 unspecified atom stereocenters. The molecule has 0 bridgehead atoms. The van der Waals surface area contributed by atoms with Crippen molar-refractivity contribution in [2.24, 2.45) is 11.8 Å². The van der Waals surface area contributed by atoms with Crippen LogP contribution in [0.25, 0.3) is 0 Å². The lowest BCUT2D eigenvalue weighted by molar-refractivity contribution is -0.143. The summed E-state index contributed by atoms with van der Waals surface area (Å²) in [7, 11) is 0. The molecule has 3 heterocycles. The maximum atomic E-state index is 13.8. The third-order valence-corrected chi connectivity index (χ3v) is 7.39. The monoisotopic (exact) mass is 469 g/mol. The van der Waals surface area contributed by atoms with Crippen molar-refractivity contribution in [1.82, 2.24) is 10.2 Å². The average Bonchev–Trinajstić information content (AvgIpc) is 3.43. The number of nitrogens with zero attached hydrogens (tertiary/aromatic N) is 1. The van der Waals surface area contributed by atoms with E-state index in [1.807, 2.05) is 48.5 Å². The molecule has 0 radical (unpaired) electrons. The largest absolute Gasteiger partial charge is 0.504 e. The summed E-state index contributed by atoms with van der Waals surface area (Å²) in [5.41, 5.74) is 1.39. The topological polar surface area (TPSA) is 119 Å². The lowest BCUT2D eigenvalue weighted by Crippen LogP contribution is -2.53. The highest BCUT2D eigenvalue weighted by atomic mass is 16.3. The number of carbonyl (C=O) groups is 3. The number of benzene rings is 3. The summed E-state index contributed by atoms with van der Waals surface area (Å²) in [6.07, 6.45) is 0.282. The second-order valence-corrected chi connectivity index (χ2v) is 9.34. The fourth-order valence-corrected chi connectivity index (χ4v) is 5.86. The minimum atomic E-state index is -1.37. The van der Waals surface area contributed by atoms with Crippen molar-refractivity contribution in [3.63, 3.8) is 0 Å². The quantitative estimate of drug-likeness (QED) is 0.344. The number of nitrogens with one attached hydrogen (secondary N) is 2. The fraction of sp³-hybridized carbons (Fsp3) is 0.222. The van der Waals surface area contributed by atoms with Crippen LogP contribution >= 0.6 is 0 Å². The summed E-state index contributed by atoms with van der Waals surface area (Å²) in [6, 6.07) is 20.4. The minimum Gasteiger partial charge on any atom is -0.504 e. The zero-order chi connectivity index (χ0) is 24.3. The minimum absolute atomic E-state index is 0.136. The van der Waals surface area contributed by atoms with Gasteiger partial charge >= 0.3 is 0 Å². The zero-order valence-corrected chi connectivity index (χ0v) is 18.6. The number of amides is 3. The Morgan fingerprint density at radius 2 is 1.57 bits per heavy atom. The van der Waals surface area contributed by atoms with Gasteiger partial charge in [0.05, 0.1) is 18.4 Å². The molecule has 4 atom stereocenters. The van der Waals surface area contributed by atoms with Gasteiger partial charge in [-0.3, -0.25) is 24.6 Å². The molecule has 35 heavy (non-hydrogen) atoms. The smallest absolute Gasteiger partial charge is 0.250 e. The highest BCUT2D eigenvalue weighted by molar-refractivity contribution is 6.15. The van der Waals surface area contributed by atoms with E-state index in [1.54, 1.807) is 12.1 Å². The van der Waals surface area contributed by atoms with Crippen molar-refractivity contribution in [3.8, 4) is 11.5 Å². The second kappa shape index (κ2) is 7.68. The van der Waals surface area contributed by atoms with Gasteiger partial charge in [-0.2, -0.15) is 0 Å². The van der Waals surface area contributed by atoms with Crippen molar-refractivity contribution < 1.29 is 24.6 Å². The Kier molecular flexibility index (Phi) is 4.69. The lowest BCUT2D eigenvalue weighted by atomic mass is 9.76. The zero-order valence-electron chi connectivity index (χ0n) is 18.6. The Hall–Kier alpha value is -4.17. The van der Waals surface area contributed by atoms with E-state index in [-0.39, 0.29) is 42.2 Å². The number of rotatable bonds is 4. The third-order valence-electron chi connectivity index (χ3n) is 7.39. The molecule has 0 saturated carbocycles. The van der Waals surface area contributed by atoms with Crippen molar-refractivity contribution in [2.45, 2.75) is 24.5 Å². The van der Waals surface area contributed by atoms with E-state index in [2.05, 4.69) is 10.6 Å². The number of hydrogen-bond donors (Lipinski definition) is 4. The number of carbonyl (C=O) groups excluding carboxylic acids is 3. The molecule has 3 aliphatic rings. The van der Waals surface area contributed by atoms with Crippen LogP contribution in [-0.2, 0) is 32.9 Å². The highest BCUT2D eigenvalue weighted by Crippen LogP contribution is 2.53. The number of anilines is 1. The second-order valence-electron chi connectivity index (χ2n) is 9.34. The van der Waals surface area contributed by atoms with Crippen LogP contribution in [0.3, 0.4) is 0 Å². The standard InChI is InChI=1S/C27H23N3O5/c31-20-11-10-16(13-21(20)32)12-19-22-23(25(34)30(24(22)33)14-15-6-2-1-3-7-15)27(29-19)17-8-4-5-9-18(17)28-26(27)35/h1-11,13,19,22-23,29,31-32H,12,14H2,(H,28,35)/t19-,22+,23-,27-/m1/s1. The molecule has 3 aromatic rings. The first-order valence-electron chi connectivity index (χ1n) is 11.5. The van der Waals surface area contributed by atoms with E-state index in [4.69, 9.17) is 0 Å². The van der Waals surface area contributed by atoms with Crippen molar-refractivity contribution >= 4 is 23.4 Å². The van der Waals surface area contributed by atoms with Crippen molar-refractivity contribution in [1.29, 1.82) is 0 Å². The molecule has 2 saturated heterocycles. The summed E-state index contributed by atoms with van der Waals surface area (Å²) in [5.74, 6) is -3.23. The van der Waals surface area contributed by atoms with Crippen LogP contribution in [0.1, 0.15) is 16.7 Å². The molecule has 8 heteroatoms. The maximum absolute atomic E-state index is 13.8. The van der Waals surface area contributed by atoms with Crippen LogP contribution in [0.15, 0.2) is 72.8 Å². The molecule has 0 aliphatic carbocycles. The molecule has 1 spiro atoms. The molecule has 6 rings (SSSR count). The molecule has 3 amide bonds. The van der Waals surface area contributed by atoms with Crippen molar-refractivity contribution in [3.05, 3.63) is 89.5 Å². The summed E-state index contributed by atoms with van der Waals surface area (Å²) < 4.78 is 0. The Morgan fingerprint density at radius 1 is 0.829 bits per heavy atom. The normalized spacial score (nSPS) is 26.8. The molecular formula is C27H23N3O5.